The fraction of sp³-hybridized carbons (Fsp3) is 0.375. The van der Waals surface area contributed by atoms with Gasteiger partial charge in [-0.1, -0.05) is 28.1 Å². The van der Waals surface area contributed by atoms with E-state index in [0.29, 0.717) is 5.75 Å². The Labute approximate surface area is 141 Å². The molecule has 1 fully saturated rings. The smallest absolute Gasteiger partial charge is 0.229 e. The molecule has 1 aliphatic rings. The summed E-state index contributed by atoms with van der Waals surface area (Å²) in [6, 6.07) is 11.1. The fourth-order valence-electron chi connectivity index (χ4n) is 2.57. The lowest BCUT2D eigenvalue weighted by atomic mass is 9.99. The predicted octanol–water partition coefficient (Wildman–Crippen LogP) is 0.781. The van der Waals surface area contributed by atoms with Crippen LogP contribution in [0, 0.1) is 0 Å². The van der Waals surface area contributed by atoms with Crippen LogP contribution in [0.25, 0.3) is 10.8 Å². The van der Waals surface area contributed by atoms with E-state index in [0.717, 1.165) is 15.2 Å². The Morgan fingerprint density at radius 1 is 0.957 bits per heavy atom. The molecule has 0 radical (unpaired) electrons. The largest absolute Gasteiger partial charge is 0.462 e. The summed E-state index contributed by atoms with van der Waals surface area (Å²) in [5.74, 6) is 0.448. The minimum absolute atomic E-state index is 0.448. The number of aliphatic hydroxyl groups excluding tert-OH is 4. The molecule has 1 saturated heterocycles. The van der Waals surface area contributed by atoms with Crippen molar-refractivity contribution in [3.05, 3.63) is 40.9 Å². The summed E-state index contributed by atoms with van der Waals surface area (Å²) in [5.41, 5.74) is 0. The van der Waals surface area contributed by atoms with E-state index in [-0.39, 0.29) is 0 Å². The van der Waals surface area contributed by atoms with Crippen molar-refractivity contribution < 1.29 is 29.9 Å². The molecule has 0 unspecified atom stereocenters. The van der Waals surface area contributed by atoms with Gasteiger partial charge in [-0.3, -0.25) is 0 Å². The SMILES string of the molecule is OC[C@@H]1O[C@@H](Oc2ccc3cc(Br)ccc3c2)[C@H](O)[C@H](O)[C@@H]1O. The predicted molar refractivity (Wildman–Crippen MR) is 86.0 cm³/mol. The molecular formula is C16H17BrO6. The highest BCUT2D eigenvalue weighted by molar-refractivity contribution is 9.10. The number of ether oxygens (including phenoxy) is 2. The van der Waals surface area contributed by atoms with Gasteiger partial charge in [-0.15, -0.1) is 0 Å². The molecule has 0 spiro atoms. The summed E-state index contributed by atoms with van der Waals surface area (Å²) < 4.78 is 11.9. The van der Waals surface area contributed by atoms with E-state index in [4.69, 9.17) is 9.47 Å². The summed E-state index contributed by atoms with van der Waals surface area (Å²) >= 11 is 3.41. The van der Waals surface area contributed by atoms with Gasteiger partial charge in [0.15, 0.2) is 0 Å². The second kappa shape index (κ2) is 6.72. The van der Waals surface area contributed by atoms with Crippen LogP contribution in [0.4, 0.5) is 0 Å². The Morgan fingerprint density at radius 3 is 2.39 bits per heavy atom. The standard InChI is InChI=1S/C16H17BrO6/c17-10-3-1-9-6-11(4-2-8(9)5-10)22-16-15(21)14(20)13(19)12(7-18)23-16/h1-6,12-16,18-21H,7H2/t12-,13+,14+,15+,16+/m0/s1. The Balaban J connectivity index is 1.81. The Morgan fingerprint density at radius 2 is 1.65 bits per heavy atom. The summed E-state index contributed by atoms with van der Waals surface area (Å²) in [4.78, 5) is 0. The molecule has 0 saturated carbocycles. The maximum absolute atomic E-state index is 9.98. The molecule has 0 aliphatic carbocycles. The van der Waals surface area contributed by atoms with Crippen molar-refractivity contribution in [1.82, 2.24) is 0 Å². The van der Waals surface area contributed by atoms with Crippen molar-refractivity contribution in [2.75, 3.05) is 6.61 Å². The van der Waals surface area contributed by atoms with Crippen LogP contribution in [0.15, 0.2) is 40.9 Å². The Bertz CT molecular complexity index is 691. The summed E-state index contributed by atoms with van der Waals surface area (Å²) in [6.07, 6.45) is -6.45. The number of halogens is 1. The first-order chi connectivity index (χ1) is 11.0. The van der Waals surface area contributed by atoms with Crippen LogP contribution in [0.2, 0.25) is 0 Å². The zero-order chi connectivity index (χ0) is 16.6. The third kappa shape index (κ3) is 3.35. The van der Waals surface area contributed by atoms with Crippen LogP contribution < -0.4 is 4.74 Å². The van der Waals surface area contributed by atoms with Gasteiger partial charge in [0.05, 0.1) is 6.61 Å². The Hall–Kier alpha value is -1.22. The summed E-state index contributed by atoms with van der Waals surface area (Å²) in [7, 11) is 0. The van der Waals surface area contributed by atoms with Gasteiger partial charge in [-0.05, 0) is 35.0 Å². The Kier molecular flexibility index (Phi) is 4.86. The third-order valence-electron chi connectivity index (χ3n) is 3.87. The molecule has 124 valence electrons. The number of hydrogen-bond acceptors (Lipinski definition) is 6. The minimum Gasteiger partial charge on any atom is -0.462 e. The molecule has 1 aliphatic heterocycles. The third-order valence-corrected chi connectivity index (χ3v) is 4.37. The van der Waals surface area contributed by atoms with Crippen molar-refractivity contribution in [3.8, 4) is 5.75 Å². The maximum Gasteiger partial charge on any atom is 0.229 e. The van der Waals surface area contributed by atoms with Crippen molar-refractivity contribution in [2.45, 2.75) is 30.7 Å². The molecule has 1 heterocycles. The number of benzene rings is 2. The number of aliphatic hydroxyl groups is 4. The highest BCUT2D eigenvalue weighted by Gasteiger charge is 2.44. The van der Waals surface area contributed by atoms with Gasteiger partial charge in [-0.2, -0.15) is 0 Å². The molecule has 5 atom stereocenters. The first-order valence-corrected chi connectivity index (χ1v) is 7.95. The van der Waals surface area contributed by atoms with Crippen molar-refractivity contribution in [1.29, 1.82) is 0 Å². The van der Waals surface area contributed by atoms with Crippen LogP contribution >= 0.6 is 15.9 Å². The highest BCUT2D eigenvalue weighted by Crippen LogP contribution is 2.28. The lowest BCUT2D eigenvalue weighted by Gasteiger charge is -2.39. The second-order valence-electron chi connectivity index (χ2n) is 5.47. The first kappa shape index (κ1) is 16.6. The zero-order valence-electron chi connectivity index (χ0n) is 12.0. The first-order valence-electron chi connectivity index (χ1n) is 7.16. The normalized spacial score (nSPS) is 31.3. The minimum atomic E-state index is -1.46. The number of rotatable bonds is 3. The lowest BCUT2D eigenvalue weighted by Crippen LogP contribution is -2.60. The van der Waals surface area contributed by atoms with Gasteiger partial charge < -0.3 is 29.9 Å². The molecule has 23 heavy (non-hydrogen) atoms. The van der Waals surface area contributed by atoms with Crippen LogP contribution in [-0.4, -0.2) is 57.7 Å². The van der Waals surface area contributed by atoms with Crippen LogP contribution in [0.5, 0.6) is 5.75 Å². The summed E-state index contributed by atoms with van der Waals surface area (Å²) in [6.45, 7) is -0.490. The van der Waals surface area contributed by atoms with E-state index >= 15 is 0 Å². The van der Waals surface area contributed by atoms with Gasteiger partial charge in [0.2, 0.25) is 6.29 Å². The number of fused-ring (bicyclic) bond motifs is 1. The van der Waals surface area contributed by atoms with Gasteiger partial charge in [0, 0.05) is 4.47 Å². The molecular weight excluding hydrogens is 368 g/mol. The zero-order valence-corrected chi connectivity index (χ0v) is 13.6. The second-order valence-corrected chi connectivity index (χ2v) is 6.38. The van der Waals surface area contributed by atoms with E-state index in [2.05, 4.69) is 15.9 Å². The quantitative estimate of drug-likeness (QED) is 0.624. The van der Waals surface area contributed by atoms with Crippen LogP contribution in [0.1, 0.15) is 0 Å². The molecule has 2 aromatic rings. The molecule has 6 nitrogen and oxygen atoms in total. The van der Waals surface area contributed by atoms with Gasteiger partial charge in [-0.25, -0.2) is 0 Å². The van der Waals surface area contributed by atoms with Gasteiger partial charge >= 0.3 is 0 Å². The lowest BCUT2D eigenvalue weighted by molar-refractivity contribution is -0.277. The van der Waals surface area contributed by atoms with E-state index in [1.807, 2.05) is 24.3 Å². The van der Waals surface area contributed by atoms with Crippen LogP contribution in [-0.2, 0) is 4.74 Å². The van der Waals surface area contributed by atoms with Crippen molar-refractivity contribution in [2.24, 2.45) is 0 Å². The number of hydrogen-bond donors (Lipinski definition) is 4. The van der Waals surface area contributed by atoms with Gasteiger partial charge in [0.25, 0.3) is 0 Å². The summed E-state index contributed by atoms with van der Waals surface area (Å²) in [5, 5.41) is 40.6. The van der Waals surface area contributed by atoms with E-state index in [1.165, 1.54) is 0 Å². The van der Waals surface area contributed by atoms with Crippen molar-refractivity contribution >= 4 is 26.7 Å². The highest BCUT2D eigenvalue weighted by atomic mass is 79.9. The van der Waals surface area contributed by atoms with Crippen molar-refractivity contribution in [3.63, 3.8) is 0 Å². The molecule has 0 amide bonds. The fourth-order valence-corrected chi connectivity index (χ4v) is 2.95. The topological polar surface area (TPSA) is 99.4 Å². The average molecular weight is 385 g/mol. The molecule has 3 rings (SSSR count). The molecule has 7 heteroatoms. The monoisotopic (exact) mass is 384 g/mol. The van der Waals surface area contributed by atoms with Gasteiger partial charge in [0.1, 0.15) is 30.2 Å². The molecule has 4 N–H and O–H groups in total. The van der Waals surface area contributed by atoms with E-state index in [1.54, 1.807) is 12.1 Å². The average Bonchev–Trinajstić information content (AvgIpc) is 2.55. The molecule has 2 aromatic carbocycles. The maximum atomic E-state index is 9.98. The molecule has 0 bridgehead atoms. The van der Waals surface area contributed by atoms with Crippen LogP contribution in [0.3, 0.4) is 0 Å². The van der Waals surface area contributed by atoms with E-state index in [9.17, 15) is 20.4 Å². The molecule has 0 aromatic heterocycles. The van der Waals surface area contributed by atoms with E-state index < -0.39 is 37.3 Å².